The molecule has 6 nitrogen and oxygen atoms in total. The smallest absolute Gasteiger partial charge is 0.304 e. The van der Waals surface area contributed by atoms with Crippen LogP contribution in [0.2, 0.25) is 10.0 Å². The zero-order valence-corrected chi connectivity index (χ0v) is 19.1. The predicted molar refractivity (Wildman–Crippen MR) is 119 cm³/mol. The van der Waals surface area contributed by atoms with Gasteiger partial charge in [-0.15, -0.1) is 0 Å². The van der Waals surface area contributed by atoms with Crippen molar-refractivity contribution in [1.82, 2.24) is 4.90 Å². The fraction of sp³-hybridized carbons (Fsp3) is 0.409. The molecule has 1 fully saturated rings. The molecule has 0 bridgehead atoms. The van der Waals surface area contributed by atoms with E-state index in [1.807, 2.05) is 6.07 Å². The molecular formula is C22H23Cl2NO5S. The van der Waals surface area contributed by atoms with Gasteiger partial charge in [0.1, 0.15) is 5.75 Å². The summed E-state index contributed by atoms with van der Waals surface area (Å²) in [5.41, 5.74) is 1.27. The van der Waals surface area contributed by atoms with E-state index in [1.165, 1.54) is 0 Å². The van der Waals surface area contributed by atoms with Gasteiger partial charge in [-0.3, -0.25) is 4.79 Å². The zero-order valence-electron chi connectivity index (χ0n) is 16.8. The van der Waals surface area contributed by atoms with Crippen molar-refractivity contribution in [3.8, 4) is 5.75 Å². The molecule has 2 aliphatic rings. The summed E-state index contributed by atoms with van der Waals surface area (Å²) in [4.78, 5) is 13.1. The Hall–Kier alpha value is -1.80. The lowest BCUT2D eigenvalue weighted by molar-refractivity contribution is -0.137. The third kappa shape index (κ3) is 4.55. The second-order valence-corrected chi connectivity index (χ2v) is 11.0. The summed E-state index contributed by atoms with van der Waals surface area (Å²) in [6.07, 6.45) is 1.83. The molecule has 31 heavy (non-hydrogen) atoms. The van der Waals surface area contributed by atoms with E-state index in [4.69, 9.17) is 33.0 Å². The second-order valence-electron chi connectivity index (χ2n) is 8.17. The molecule has 166 valence electrons. The molecule has 4 rings (SSSR count). The van der Waals surface area contributed by atoms with Gasteiger partial charge < -0.3 is 14.7 Å². The first-order valence-electron chi connectivity index (χ1n) is 10.1. The highest BCUT2D eigenvalue weighted by atomic mass is 35.5. The van der Waals surface area contributed by atoms with Crippen LogP contribution in [0.25, 0.3) is 0 Å². The number of carbonyl (C=O) groups is 1. The summed E-state index contributed by atoms with van der Waals surface area (Å²) in [5, 5.41) is 9.53. The normalized spacial score (nSPS) is 18.0. The third-order valence-electron chi connectivity index (χ3n) is 6.24. The maximum Gasteiger partial charge on any atom is 0.304 e. The molecule has 0 aliphatic carbocycles. The summed E-state index contributed by atoms with van der Waals surface area (Å²) >= 11 is 12.3. The number of fused-ring (bicyclic) bond motifs is 2. The number of likely N-dealkylation sites (tertiary alicyclic amines) is 1. The van der Waals surface area contributed by atoms with Crippen molar-refractivity contribution in [3.63, 3.8) is 0 Å². The Kier molecular flexibility index (Phi) is 6.23. The highest BCUT2D eigenvalue weighted by Crippen LogP contribution is 2.46. The van der Waals surface area contributed by atoms with E-state index in [2.05, 4.69) is 4.90 Å². The van der Waals surface area contributed by atoms with Crippen molar-refractivity contribution in [1.29, 1.82) is 0 Å². The molecule has 9 heteroatoms. The van der Waals surface area contributed by atoms with Gasteiger partial charge in [0.2, 0.25) is 0 Å². The minimum Gasteiger partial charge on any atom is -0.492 e. The SMILES string of the molecule is O=C(O)CCN1CCC2(CC1)COc1cc(S(=O)(=O)Cc3c(Cl)cccc3Cl)ccc12. The summed E-state index contributed by atoms with van der Waals surface area (Å²) in [7, 11) is -3.66. The monoisotopic (exact) mass is 483 g/mol. The van der Waals surface area contributed by atoms with Gasteiger partial charge in [-0.2, -0.15) is 0 Å². The fourth-order valence-corrected chi connectivity index (χ4v) is 6.47. The van der Waals surface area contributed by atoms with Crippen molar-refractivity contribution in [2.75, 3.05) is 26.2 Å². The first kappa shape index (κ1) is 22.4. The number of hydrogen-bond acceptors (Lipinski definition) is 5. The van der Waals surface area contributed by atoms with Crippen molar-refractivity contribution >= 4 is 39.0 Å². The van der Waals surface area contributed by atoms with Gasteiger partial charge in [0.05, 0.1) is 23.7 Å². The number of sulfone groups is 1. The van der Waals surface area contributed by atoms with Crippen LogP contribution in [0.15, 0.2) is 41.3 Å². The third-order valence-corrected chi connectivity index (χ3v) is 8.59. The van der Waals surface area contributed by atoms with Crippen LogP contribution >= 0.6 is 23.2 Å². The van der Waals surface area contributed by atoms with Crippen LogP contribution in [-0.4, -0.2) is 50.6 Å². The van der Waals surface area contributed by atoms with E-state index in [-0.39, 0.29) is 22.5 Å². The van der Waals surface area contributed by atoms with Crippen LogP contribution in [0.3, 0.4) is 0 Å². The average Bonchev–Trinajstić information content (AvgIpc) is 3.08. The first-order chi connectivity index (χ1) is 14.7. The predicted octanol–water partition coefficient (Wildman–Crippen LogP) is 4.17. The summed E-state index contributed by atoms with van der Waals surface area (Å²) in [5.74, 6) is -0.472. The van der Waals surface area contributed by atoms with Gasteiger partial charge in [0.25, 0.3) is 0 Å². The van der Waals surface area contributed by atoms with E-state index in [0.29, 0.717) is 34.5 Å². The largest absolute Gasteiger partial charge is 0.492 e. The molecule has 1 N–H and O–H groups in total. The van der Waals surface area contributed by atoms with Crippen molar-refractivity contribution in [2.24, 2.45) is 0 Å². The number of carboxylic acids is 1. The number of rotatable bonds is 6. The van der Waals surface area contributed by atoms with Gasteiger partial charge in [-0.1, -0.05) is 35.3 Å². The molecule has 0 unspecified atom stereocenters. The van der Waals surface area contributed by atoms with Crippen LogP contribution in [0.4, 0.5) is 0 Å². The Labute approximate surface area is 191 Å². The van der Waals surface area contributed by atoms with E-state index >= 15 is 0 Å². The number of benzene rings is 2. The number of nitrogens with zero attached hydrogens (tertiary/aromatic N) is 1. The number of piperidine rings is 1. The Morgan fingerprint density at radius 3 is 2.45 bits per heavy atom. The Morgan fingerprint density at radius 2 is 1.81 bits per heavy atom. The van der Waals surface area contributed by atoms with Crippen LogP contribution in [0, 0.1) is 0 Å². The molecule has 0 radical (unpaired) electrons. The van der Waals surface area contributed by atoms with Gasteiger partial charge in [0, 0.05) is 33.1 Å². The van der Waals surface area contributed by atoms with E-state index < -0.39 is 15.8 Å². The van der Waals surface area contributed by atoms with Gasteiger partial charge >= 0.3 is 5.97 Å². The molecule has 2 aromatic rings. The highest BCUT2D eigenvalue weighted by Gasteiger charge is 2.43. The van der Waals surface area contributed by atoms with Gasteiger partial charge in [0.15, 0.2) is 9.84 Å². The van der Waals surface area contributed by atoms with Crippen LogP contribution in [0.1, 0.15) is 30.4 Å². The van der Waals surface area contributed by atoms with E-state index in [1.54, 1.807) is 30.3 Å². The molecule has 0 saturated carbocycles. The lowest BCUT2D eigenvalue weighted by Gasteiger charge is -2.38. The van der Waals surface area contributed by atoms with E-state index in [0.717, 1.165) is 31.5 Å². The molecule has 0 atom stereocenters. The molecule has 1 saturated heterocycles. The van der Waals surface area contributed by atoms with Gasteiger partial charge in [-0.05, 0) is 50.2 Å². The Balaban J connectivity index is 1.52. The van der Waals surface area contributed by atoms with Crippen molar-refractivity contribution < 1.29 is 23.1 Å². The number of halogens is 2. The maximum atomic E-state index is 13.0. The topological polar surface area (TPSA) is 83.9 Å². The molecule has 2 aliphatic heterocycles. The van der Waals surface area contributed by atoms with Crippen LogP contribution < -0.4 is 4.74 Å². The summed E-state index contributed by atoms with van der Waals surface area (Å²) < 4.78 is 32.0. The van der Waals surface area contributed by atoms with Crippen molar-refractivity contribution in [3.05, 3.63) is 57.6 Å². The first-order valence-corrected chi connectivity index (χ1v) is 12.5. The minimum absolute atomic E-state index is 0.136. The minimum atomic E-state index is -3.66. The Morgan fingerprint density at radius 1 is 1.13 bits per heavy atom. The van der Waals surface area contributed by atoms with Crippen LogP contribution in [0.5, 0.6) is 5.75 Å². The van der Waals surface area contributed by atoms with E-state index in [9.17, 15) is 13.2 Å². The summed E-state index contributed by atoms with van der Waals surface area (Å²) in [6, 6.07) is 10.0. The number of aliphatic carboxylic acids is 1. The lowest BCUT2D eigenvalue weighted by atomic mass is 9.74. The molecular weight excluding hydrogens is 461 g/mol. The fourth-order valence-electron chi connectivity index (χ4n) is 4.36. The second kappa shape index (κ2) is 8.62. The summed E-state index contributed by atoms with van der Waals surface area (Å²) in [6.45, 7) is 2.64. The molecule has 2 heterocycles. The molecule has 0 amide bonds. The lowest BCUT2D eigenvalue weighted by Crippen LogP contribution is -2.44. The molecule has 0 aromatic heterocycles. The zero-order chi connectivity index (χ0) is 22.2. The van der Waals surface area contributed by atoms with Gasteiger partial charge in [-0.25, -0.2) is 8.42 Å². The van der Waals surface area contributed by atoms with Crippen molar-refractivity contribution in [2.45, 2.75) is 35.3 Å². The quantitative estimate of drug-likeness (QED) is 0.663. The highest BCUT2D eigenvalue weighted by molar-refractivity contribution is 7.90. The molecule has 2 aromatic carbocycles. The van der Waals surface area contributed by atoms with Crippen LogP contribution in [-0.2, 0) is 25.8 Å². The number of carboxylic acid groups (broad SMARTS) is 1. The Bertz CT molecular complexity index is 1090. The average molecular weight is 484 g/mol. The number of ether oxygens (including phenoxy) is 1. The molecule has 1 spiro atoms. The maximum absolute atomic E-state index is 13.0. The number of hydrogen-bond donors (Lipinski definition) is 1. The standard InChI is InChI=1S/C22H23Cl2NO5S/c23-18-2-1-3-19(24)16(18)13-31(28,29)15-4-5-17-20(12-15)30-14-22(17)7-10-25(11-8-22)9-6-21(26)27/h1-5,12H,6-11,13-14H2,(H,26,27).